The molecule has 0 aromatic heterocycles. The van der Waals surface area contributed by atoms with Gasteiger partial charge in [-0.2, -0.15) is 0 Å². The zero-order chi connectivity index (χ0) is 11.0. The van der Waals surface area contributed by atoms with E-state index in [0.29, 0.717) is 5.56 Å². The number of benzene rings is 1. The molecule has 1 aliphatic heterocycles. The fourth-order valence-electron chi connectivity index (χ4n) is 1.28. The quantitative estimate of drug-likeness (QED) is 0.712. The van der Waals surface area contributed by atoms with Gasteiger partial charge in [0.2, 0.25) is 0 Å². The van der Waals surface area contributed by atoms with Crippen LogP contribution in [0, 0.1) is 5.82 Å². The van der Waals surface area contributed by atoms with Gasteiger partial charge in [-0.05, 0) is 17.7 Å². The van der Waals surface area contributed by atoms with E-state index >= 15 is 0 Å². The summed E-state index contributed by atoms with van der Waals surface area (Å²) in [6.45, 7) is 0. The highest BCUT2D eigenvalue weighted by atomic mass is 35.5. The third-order valence-corrected chi connectivity index (χ3v) is 2.86. The first kappa shape index (κ1) is 10.5. The summed E-state index contributed by atoms with van der Waals surface area (Å²) in [6, 6.07) is 5.51. The molecular weight excluding hydrogens is 242 g/mol. The van der Waals surface area contributed by atoms with Crippen molar-refractivity contribution in [3.63, 3.8) is 0 Å². The van der Waals surface area contributed by atoms with Crippen LogP contribution in [0.2, 0.25) is 0 Å². The molecule has 1 aliphatic rings. The average molecular weight is 247 g/mol. The molecule has 0 saturated carbocycles. The molecule has 1 atom stereocenters. The number of ether oxygens (including phenoxy) is 1. The van der Waals surface area contributed by atoms with Crippen LogP contribution < -0.4 is 0 Å². The van der Waals surface area contributed by atoms with Crippen molar-refractivity contribution in [2.24, 2.45) is 0 Å². The Kier molecular flexibility index (Phi) is 2.67. The summed E-state index contributed by atoms with van der Waals surface area (Å²) in [7, 11) is 0. The molecule has 1 aromatic rings. The Morgan fingerprint density at radius 1 is 1.20 bits per heavy atom. The molecule has 0 spiro atoms. The Morgan fingerprint density at radius 3 is 2.27 bits per heavy atom. The standard InChI is InChI=1S/C10H5Cl2FO2/c11-7-8(12)10(14)15-9(7)5-1-3-6(13)4-2-5/h1-4,9H. The summed E-state index contributed by atoms with van der Waals surface area (Å²) in [4.78, 5) is 11.1. The van der Waals surface area contributed by atoms with Gasteiger partial charge in [0.15, 0.2) is 6.10 Å². The van der Waals surface area contributed by atoms with Crippen molar-refractivity contribution in [1.29, 1.82) is 0 Å². The molecule has 1 heterocycles. The molecule has 2 nitrogen and oxygen atoms in total. The summed E-state index contributed by atoms with van der Waals surface area (Å²) >= 11 is 11.4. The molecule has 0 fully saturated rings. The van der Waals surface area contributed by atoms with E-state index in [1.54, 1.807) is 0 Å². The van der Waals surface area contributed by atoms with Crippen LogP contribution in [-0.2, 0) is 9.53 Å². The normalized spacial score (nSPS) is 20.7. The van der Waals surface area contributed by atoms with Crippen molar-refractivity contribution in [1.82, 2.24) is 0 Å². The van der Waals surface area contributed by atoms with Crippen molar-refractivity contribution in [2.45, 2.75) is 6.10 Å². The summed E-state index contributed by atoms with van der Waals surface area (Å²) in [5.74, 6) is -1.02. The van der Waals surface area contributed by atoms with Crippen LogP contribution in [0.1, 0.15) is 11.7 Å². The Bertz CT molecular complexity index is 439. The predicted octanol–water partition coefficient (Wildman–Crippen LogP) is 3.11. The van der Waals surface area contributed by atoms with Crippen molar-refractivity contribution in [2.75, 3.05) is 0 Å². The SMILES string of the molecule is O=C1OC(c2ccc(F)cc2)C(Cl)=C1Cl. The van der Waals surface area contributed by atoms with E-state index in [9.17, 15) is 9.18 Å². The molecule has 78 valence electrons. The molecule has 15 heavy (non-hydrogen) atoms. The van der Waals surface area contributed by atoms with E-state index in [-0.39, 0.29) is 15.9 Å². The molecule has 0 aliphatic carbocycles. The number of esters is 1. The van der Waals surface area contributed by atoms with E-state index in [4.69, 9.17) is 27.9 Å². The Labute approximate surface area is 95.2 Å². The molecule has 0 saturated heterocycles. The zero-order valence-corrected chi connectivity index (χ0v) is 8.85. The second kappa shape index (κ2) is 3.83. The molecule has 0 bridgehead atoms. The smallest absolute Gasteiger partial charge is 0.352 e. The van der Waals surface area contributed by atoms with E-state index < -0.39 is 12.1 Å². The maximum Gasteiger partial charge on any atom is 0.352 e. The fraction of sp³-hybridized carbons (Fsp3) is 0.100. The van der Waals surface area contributed by atoms with Crippen molar-refractivity contribution >= 4 is 29.2 Å². The van der Waals surface area contributed by atoms with Gasteiger partial charge in [0, 0.05) is 0 Å². The average Bonchev–Trinajstić information content (AvgIpc) is 2.47. The highest BCUT2D eigenvalue weighted by Crippen LogP contribution is 2.38. The lowest BCUT2D eigenvalue weighted by atomic mass is 10.1. The maximum absolute atomic E-state index is 12.6. The van der Waals surface area contributed by atoms with Crippen LogP contribution in [0.3, 0.4) is 0 Å². The number of halogens is 3. The number of carbonyl (C=O) groups excluding carboxylic acids is 1. The minimum absolute atomic E-state index is 0.119. The van der Waals surface area contributed by atoms with E-state index in [2.05, 4.69) is 0 Å². The molecule has 0 amide bonds. The van der Waals surface area contributed by atoms with Gasteiger partial charge in [0.1, 0.15) is 10.8 Å². The molecule has 2 rings (SSSR count). The number of hydrogen-bond donors (Lipinski definition) is 0. The lowest BCUT2D eigenvalue weighted by Gasteiger charge is -2.09. The zero-order valence-electron chi connectivity index (χ0n) is 7.34. The number of carbonyl (C=O) groups is 1. The number of cyclic esters (lactones) is 1. The third kappa shape index (κ3) is 1.85. The van der Waals surface area contributed by atoms with Gasteiger partial charge in [-0.1, -0.05) is 35.3 Å². The number of hydrogen-bond acceptors (Lipinski definition) is 2. The lowest BCUT2D eigenvalue weighted by molar-refractivity contribution is -0.139. The summed E-state index contributed by atoms with van der Waals surface area (Å²) < 4.78 is 17.6. The van der Waals surface area contributed by atoms with Crippen LogP contribution in [-0.4, -0.2) is 5.97 Å². The molecule has 0 radical (unpaired) electrons. The first-order chi connectivity index (χ1) is 7.09. The largest absolute Gasteiger partial charge is 0.447 e. The predicted molar refractivity (Wildman–Crippen MR) is 54.0 cm³/mol. The van der Waals surface area contributed by atoms with Crippen LogP contribution >= 0.6 is 23.2 Å². The minimum atomic E-state index is -0.715. The first-order valence-electron chi connectivity index (χ1n) is 4.11. The minimum Gasteiger partial charge on any atom is -0.447 e. The van der Waals surface area contributed by atoms with Crippen LogP contribution in [0.15, 0.2) is 34.3 Å². The summed E-state index contributed by atoms with van der Waals surface area (Å²) in [5, 5.41) is 0.0132. The lowest BCUT2D eigenvalue weighted by Crippen LogP contribution is -2.01. The number of rotatable bonds is 1. The Balaban J connectivity index is 2.35. The monoisotopic (exact) mass is 246 g/mol. The van der Waals surface area contributed by atoms with Gasteiger partial charge < -0.3 is 4.74 Å². The van der Waals surface area contributed by atoms with Gasteiger partial charge >= 0.3 is 5.97 Å². The highest BCUT2D eigenvalue weighted by Gasteiger charge is 2.33. The van der Waals surface area contributed by atoms with Crippen LogP contribution in [0.5, 0.6) is 0 Å². The molecule has 5 heteroatoms. The van der Waals surface area contributed by atoms with E-state index in [1.165, 1.54) is 24.3 Å². The topological polar surface area (TPSA) is 26.3 Å². The van der Waals surface area contributed by atoms with Gasteiger partial charge in [0.05, 0.1) is 5.03 Å². The molecule has 0 N–H and O–H groups in total. The van der Waals surface area contributed by atoms with Crippen molar-refractivity contribution in [3.05, 3.63) is 45.7 Å². The van der Waals surface area contributed by atoms with Gasteiger partial charge in [0.25, 0.3) is 0 Å². The van der Waals surface area contributed by atoms with Gasteiger partial charge in [-0.3, -0.25) is 0 Å². The van der Waals surface area contributed by atoms with Crippen LogP contribution in [0.4, 0.5) is 4.39 Å². The molecular formula is C10H5Cl2FO2. The van der Waals surface area contributed by atoms with E-state index in [1.807, 2.05) is 0 Å². The Morgan fingerprint density at radius 2 is 1.80 bits per heavy atom. The first-order valence-corrected chi connectivity index (χ1v) is 4.87. The summed E-state index contributed by atoms with van der Waals surface area (Å²) in [5.41, 5.74) is 0.588. The summed E-state index contributed by atoms with van der Waals surface area (Å²) in [6.07, 6.45) is -0.715. The van der Waals surface area contributed by atoms with Crippen molar-refractivity contribution in [3.8, 4) is 0 Å². The van der Waals surface area contributed by atoms with E-state index in [0.717, 1.165) is 0 Å². The van der Waals surface area contributed by atoms with Crippen molar-refractivity contribution < 1.29 is 13.9 Å². The highest BCUT2D eigenvalue weighted by molar-refractivity contribution is 6.48. The second-order valence-corrected chi connectivity index (χ2v) is 3.78. The van der Waals surface area contributed by atoms with Crippen LogP contribution in [0.25, 0.3) is 0 Å². The third-order valence-electron chi connectivity index (χ3n) is 2.02. The van der Waals surface area contributed by atoms with Gasteiger partial charge in [-0.25, -0.2) is 9.18 Å². The maximum atomic E-state index is 12.6. The second-order valence-electron chi connectivity index (χ2n) is 3.00. The fourth-order valence-corrected chi connectivity index (χ4v) is 1.67. The molecule has 1 aromatic carbocycles. The Hall–Kier alpha value is -1.06. The molecule has 1 unspecified atom stereocenters. The van der Waals surface area contributed by atoms with Gasteiger partial charge in [-0.15, -0.1) is 0 Å².